The predicted molar refractivity (Wildman–Crippen MR) is 73.3 cm³/mol. The number of aliphatic carboxylic acids is 1. The normalized spacial score (nSPS) is 29.2. The van der Waals surface area contributed by atoms with Crippen molar-refractivity contribution in [3.8, 4) is 23.0 Å². The summed E-state index contributed by atoms with van der Waals surface area (Å²) in [7, 11) is 0. The molecule has 0 amide bonds. The molecule has 0 radical (unpaired) electrons. The molecule has 1 aromatic rings. The van der Waals surface area contributed by atoms with E-state index in [1.807, 2.05) is 0 Å². The van der Waals surface area contributed by atoms with Crippen molar-refractivity contribution in [1.29, 1.82) is 0 Å². The van der Waals surface area contributed by atoms with Crippen LogP contribution in [-0.4, -0.2) is 83.5 Å². The fourth-order valence-electron chi connectivity index (χ4n) is 2.22. The Balaban J connectivity index is 2.40. The maximum absolute atomic E-state index is 11.0. The van der Waals surface area contributed by atoms with Crippen molar-refractivity contribution in [3.63, 3.8) is 0 Å². The lowest BCUT2D eigenvalue weighted by Gasteiger charge is -2.38. The van der Waals surface area contributed by atoms with Gasteiger partial charge in [-0.1, -0.05) is 0 Å². The zero-order valence-corrected chi connectivity index (χ0v) is 12.2. The lowest BCUT2D eigenvalue weighted by molar-refractivity contribution is -0.271. The first-order valence-electron chi connectivity index (χ1n) is 6.66. The van der Waals surface area contributed by atoms with E-state index in [0.717, 1.165) is 0 Å². The van der Waals surface area contributed by atoms with E-state index in [1.165, 1.54) is 0 Å². The standard InChI is InChI=1S/C13H14O12/c14-2-1-3(15)9(5(16)4(2)11(20)21)24-13-8(19)6(17)7(18)10(25-13)12(22)23/h1,6-8,10,13-19H,(H,20,21)(H,22,23). The molecule has 5 atom stereocenters. The molecule has 1 aliphatic rings. The van der Waals surface area contributed by atoms with E-state index in [0.29, 0.717) is 6.07 Å². The van der Waals surface area contributed by atoms with Crippen LogP contribution in [0.5, 0.6) is 23.0 Å². The second kappa shape index (κ2) is 6.60. The number of hydrogen-bond acceptors (Lipinski definition) is 10. The molecule has 1 aliphatic heterocycles. The number of phenols is 3. The first-order valence-corrected chi connectivity index (χ1v) is 6.66. The molecule has 1 saturated heterocycles. The molecule has 8 N–H and O–H groups in total. The van der Waals surface area contributed by atoms with Gasteiger partial charge in [-0.2, -0.15) is 0 Å². The summed E-state index contributed by atoms with van der Waals surface area (Å²) in [5, 5.41) is 75.8. The SMILES string of the molecule is O=C(O)c1c(O)cc(O)c(OC2OC(C(=O)O)C(O)C(O)C2O)c1O. The van der Waals surface area contributed by atoms with Crippen LogP contribution >= 0.6 is 0 Å². The van der Waals surface area contributed by atoms with Crippen LogP contribution in [0.25, 0.3) is 0 Å². The third-order valence-electron chi connectivity index (χ3n) is 3.47. The van der Waals surface area contributed by atoms with Crippen LogP contribution in [0.15, 0.2) is 6.07 Å². The fraction of sp³-hybridized carbons (Fsp3) is 0.385. The third-order valence-corrected chi connectivity index (χ3v) is 3.47. The number of carboxylic acid groups (broad SMARTS) is 2. The van der Waals surface area contributed by atoms with Crippen LogP contribution in [0.4, 0.5) is 0 Å². The fourth-order valence-corrected chi connectivity index (χ4v) is 2.22. The Labute approximate surface area is 138 Å². The molecule has 0 saturated carbocycles. The van der Waals surface area contributed by atoms with Crippen LogP contribution in [-0.2, 0) is 9.53 Å². The number of carboxylic acids is 2. The monoisotopic (exact) mass is 362 g/mol. The van der Waals surface area contributed by atoms with Crippen LogP contribution in [0.2, 0.25) is 0 Å². The van der Waals surface area contributed by atoms with Gasteiger partial charge in [0.05, 0.1) is 0 Å². The van der Waals surface area contributed by atoms with Crippen LogP contribution in [0.3, 0.4) is 0 Å². The molecule has 1 heterocycles. The summed E-state index contributed by atoms with van der Waals surface area (Å²) in [5.41, 5.74) is -1.03. The molecule has 0 bridgehead atoms. The maximum atomic E-state index is 11.0. The third kappa shape index (κ3) is 3.23. The Hall–Kier alpha value is -2.80. The maximum Gasteiger partial charge on any atom is 0.343 e. The minimum absolute atomic E-state index is 0.521. The van der Waals surface area contributed by atoms with E-state index in [-0.39, 0.29) is 0 Å². The number of aromatic hydroxyl groups is 3. The number of hydrogen-bond donors (Lipinski definition) is 8. The van der Waals surface area contributed by atoms with Gasteiger partial charge in [-0.15, -0.1) is 0 Å². The average molecular weight is 362 g/mol. The first-order chi connectivity index (χ1) is 11.6. The van der Waals surface area contributed by atoms with Gasteiger partial charge in [0.1, 0.15) is 29.6 Å². The quantitative estimate of drug-likeness (QED) is 0.286. The Kier molecular flexibility index (Phi) is 4.89. The van der Waals surface area contributed by atoms with Gasteiger partial charge in [-0.3, -0.25) is 0 Å². The van der Waals surface area contributed by atoms with Gasteiger partial charge in [-0.25, -0.2) is 9.59 Å². The summed E-state index contributed by atoms with van der Waals surface area (Å²) in [4.78, 5) is 22.0. The Morgan fingerprint density at radius 1 is 0.960 bits per heavy atom. The van der Waals surface area contributed by atoms with Crippen molar-refractivity contribution in [2.24, 2.45) is 0 Å². The smallest absolute Gasteiger partial charge is 0.343 e. The average Bonchev–Trinajstić information content (AvgIpc) is 2.50. The van der Waals surface area contributed by atoms with Crippen molar-refractivity contribution in [1.82, 2.24) is 0 Å². The van der Waals surface area contributed by atoms with Gasteiger partial charge in [0.15, 0.2) is 17.6 Å². The minimum atomic E-state index is -2.01. The molecular formula is C13H14O12. The molecular weight excluding hydrogens is 348 g/mol. The Bertz CT molecular complexity index is 701. The largest absolute Gasteiger partial charge is 0.507 e. The summed E-state index contributed by atoms with van der Waals surface area (Å²) in [6.07, 6.45) is -10.0. The summed E-state index contributed by atoms with van der Waals surface area (Å²) in [5.74, 6) is -7.59. The molecule has 12 heteroatoms. The van der Waals surface area contributed by atoms with E-state index in [2.05, 4.69) is 0 Å². The van der Waals surface area contributed by atoms with Crippen molar-refractivity contribution in [2.75, 3.05) is 0 Å². The molecule has 12 nitrogen and oxygen atoms in total. The molecule has 5 unspecified atom stereocenters. The summed E-state index contributed by atoms with van der Waals surface area (Å²) in [6.45, 7) is 0. The molecule has 0 spiro atoms. The first kappa shape index (κ1) is 18.5. The van der Waals surface area contributed by atoms with Gasteiger partial charge >= 0.3 is 11.9 Å². The van der Waals surface area contributed by atoms with E-state index < -0.39 is 71.2 Å². The summed E-state index contributed by atoms with van der Waals surface area (Å²) in [6, 6.07) is 0.521. The number of aliphatic hydroxyl groups excluding tert-OH is 3. The van der Waals surface area contributed by atoms with Crippen molar-refractivity contribution >= 4 is 11.9 Å². The number of carbonyl (C=O) groups is 2. The van der Waals surface area contributed by atoms with Gasteiger partial charge in [0.25, 0.3) is 0 Å². The molecule has 1 fully saturated rings. The molecule has 138 valence electrons. The molecule has 25 heavy (non-hydrogen) atoms. The number of ether oxygens (including phenoxy) is 2. The van der Waals surface area contributed by atoms with E-state index in [1.54, 1.807) is 0 Å². The lowest BCUT2D eigenvalue weighted by Crippen LogP contribution is -2.61. The molecule has 0 aromatic heterocycles. The number of rotatable bonds is 4. The minimum Gasteiger partial charge on any atom is -0.507 e. The Morgan fingerprint density at radius 2 is 1.56 bits per heavy atom. The zero-order valence-electron chi connectivity index (χ0n) is 12.2. The molecule has 0 aliphatic carbocycles. The predicted octanol–water partition coefficient (Wildman–Crippen LogP) is -2.23. The summed E-state index contributed by atoms with van der Waals surface area (Å²) < 4.78 is 9.67. The number of benzene rings is 1. The number of aromatic carboxylic acids is 1. The van der Waals surface area contributed by atoms with E-state index in [9.17, 15) is 40.2 Å². The van der Waals surface area contributed by atoms with Crippen molar-refractivity contribution in [3.05, 3.63) is 11.6 Å². The molecule has 1 aromatic carbocycles. The van der Waals surface area contributed by atoms with Crippen LogP contribution < -0.4 is 4.74 Å². The highest BCUT2D eigenvalue weighted by Gasteiger charge is 2.48. The molecule has 2 rings (SSSR count). The lowest BCUT2D eigenvalue weighted by atomic mass is 9.99. The van der Waals surface area contributed by atoms with E-state index in [4.69, 9.17) is 19.7 Å². The number of phenolic OH excluding ortho intramolecular Hbond substituents is 1. The van der Waals surface area contributed by atoms with Crippen molar-refractivity contribution < 1.29 is 59.9 Å². The topological polar surface area (TPSA) is 214 Å². The van der Waals surface area contributed by atoms with Gasteiger partial charge in [0.2, 0.25) is 12.0 Å². The van der Waals surface area contributed by atoms with Crippen molar-refractivity contribution in [2.45, 2.75) is 30.7 Å². The highest BCUT2D eigenvalue weighted by atomic mass is 16.7. The zero-order chi connectivity index (χ0) is 19.0. The highest BCUT2D eigenvalue weighted by Crippen LogP contribution is 2.44. The summed E-state index contributed by atoms with van der Waals surface area (Å²) >= 11 is 0. The second-order valence-electron chi connectivity index (χ2n) is 5.13. The van der Waals surface area contributed by atoms with E-state index >= 15 is 0 Å². The van der Waals surface area contributed by atoms with Gasteiger partial charge in [-0.05, 0) is 0 Å². The number of aliphatic hydroxyl groups is 3. The van der Waals surface area contributed by atoms with Gasteiger partial charge in [0, 0.05) is 6.07 Å². The second-order valence-corrected chi connectivity index (χ2v) is 5.13. The van der Waals surface area contributed by atoms with Gasteiger partial charge < -0.3 is 50.3 Å². The van der Waals surface area contributed by atoms with Crippen LogP contribution in [0.1, 0.15) is 10.4 Å². The highest BCUT2D eigenvalue weighted by molar-refractivity contribution is 5.95. The van der Waals surface area contributed by atoms with Crippen LogP contribution in [0, 0.1) is 0 Å². The Morgan fingerprint density at radius 3 is 2.08 bits per heavy atom.